The summed E-state index contributed by atoms with van der Waals surface area (Å²) in [6.07, 6.45) is 4.90. The van der Waals surface area contributed by atoms with Crippen LogP contribution in [0.2, 0.25) is 0 Å². The third-order valence-electron chi connectivity index (χ3n) is 5.47. The normalized spacial score (nSPS) is 17.2. The number of hydrogen-bond donors (Lipinski definition) is 0. The zero-order chi connectivity index (χ0) is 20.5. The van der Waals surface area contributed by atoms with Gasteiger partial charge in [0, 0.05) is 19.5 Å². The van der Waals surface area contributed by atoms with Crippen LogP contribution in [0.25, 0.3) is 11.1 Å². The van der Waals surface area contributed by atoms with Crippen molar-refractivity contribution < 1.29 is 14.3 Å². The van der Waals surface area contributed by atoms with Crippen LogP contribution in [0.5, 0.6) is 0 Å². The second-order valence-corrected chi connectivity index (χ2v) is 7.77. The predicted octanol–water partition coefficient (Wildman–Crippen LogP) is 5.33. The molecule has 0 bridgehead atoms. The molecule has 29 heavy (non-hydrogen) atoms. The number of likely N-dealkylation sites (tertiary alicyclic amines) is 1. The molecule has 1 atom stereocenters. The Kier molecular flexibility index (Phi) is 8.26. The molecular weight excluding hydrogens is 362 g/mol. The molecule has 1 unspecified atom stereocenters. The Morgan fingerprint density at radius 2 is 1.72 bits per heavy atom. The van der Waals surface area contributed by atoms with Crippen molar-refractivity contribution in [3.63, 3.8) is 0 Å². The van der Waals surface area contributed by atoms with Crippen molar-refractivity contribution in [3.8, 4) is 11.1 Å². The van der Waals surface area contributed by atoms with E-state index < -0.39 is 0 Å². The number of nitrogens with zero attached hydrogens (tertiary/aromatic N) is 1. The van der Waals surface area contributed by atoms with Gasteiger partial charge in [-0.1, -0.05) is 54.1 Å². The Bertz CT molecular complexity index is 755. The van der Waals surface area contributed by atoms with Crippen LogP contribution < -0.4 is 0 Å². The van der Waals surface area contributed by atoms with E-state index in [1.807, 2.05) is 6.92 Å². The number of piperidine rings is 1. The quantitative estimate of drug-likeness (QED) is 0.538. The fraction of sp³-hybridized carbons (Fsp3) is 0.480. The molecule has 2 aromatic rings. The topological polar surface area (TPSA) is 38.8 Å². The zero-order valence-corrected chi connectivity index (χ0v) is 17.7. The van der Waals surface area contributed by atoms with Crippen molar-refractivity contribution in [2.45, 2.75) is 58.8 Å². The van der Waals surface area contributed by atoms with Crippen LogP contribution in [0.4, 0.5) is 0 Å². The molecule has 156 valence electrons. The van der Waals surface area contributed by atoms with E-state index in [1.54, 1.807) is 0 Å². The first-order chi connectivity index (χ1) is 14.2. The second kappa shape index (κ2) is 11.1. The fourth-order valence-electron chi connectivity index (χ4n) is 3.80. The molecule has 2 aromatic carbocycles. The van der Waals surface area contributed by atoms with E-state index in [0.29, 0.717) is 19.6 Å². The van der Waals surface area contributed by atoms with Gasteiger partial charge in [0.2, 0.25) is 0 Å². The van der Waals surface area contributed by atoms with E-state index in [4.69, 9.17) is 9.47 Å². The van der Waals surface area contributed by atoms with Crippen LogP contribution in [0.1, 0.15) is 50.2 Å². The molecule has 0 spiro atoms. The van der Waals surface area contributed by atoms with Crippen LogP contribution in [0.3, 0.4) is 0 Å². The molecule has 1 heterocycles. The van der Waals surface area contributed by atoms with Crippen molar-refractivity contribution >= 4 is 5.97 Å². The molecule has 0 aliphatic carbocycles. The minimum atomic E-state index is -0.101. The molecular formula is C25H33NO3. The van der Waals surface area contributed by atoms with Crippen LogP contribution in [0.15, 0.2) is 48.5 Å². The molecule has 3 rings (SSSR count). The average molecular weight is 396 g/mol. The molecule has 0 aromatic heterocycles. The highest BCUT2D eigenvalue weighted by atomic mass is 16.5. The Balaban J connectivity index is 1.49. The molecule has 4 heteroatoms. The van der Waals surface area contributed by atoms with Gasteiger partial charge in [-0.15, -0.1) is 0 Å². The lowest BCUT2D eigenvalue weighted by molar-refractivity contribution is -0.143. The molecule has 1 saturated heterocycles. The van der Waals surface area contributed by atoms with Crippen molar-refractivity contribution in [1.82, 2.24) is 4.90 Å². The zero-order valence-electron chi connectivity index (χ0n) is 17.7. The van der Waals surface area contributed by atoms with Gasteiger partial charge >= 0.3 is 5.97 Å². The van der Waals surface area contributed by atoms with Gasteiger partial charge in [-0.2, -0.15) is 0 Å². The summed E-state index contributed by atoms with van der Waals surface area (Å²) in [7, 11) is 0. The number of esters is 1. The van der Waals surface area contributed by atoms with Gasteiger partial charge in [-0.05, 0) is 56.2 Å². The summed E-state index contributed by atoms with van der Waals surface area (Å²) in [6.45, 7) is 6.95. The number of aryl methyl sites for hydroxylation is 1. The van der Waals surface area contributed by atoms with Gasteiger partial charge in [0.25, 0.3) is 0 Å². The van der Waals surface area contributed by atoms with E-state index in [9.17, 15) is 4.79 Å². The first-order valence-electron chi connectivity index (χ1n) is 10.8. The van der Waals surface area contributed by atoms with Crippen molar-refractivity contribution in [3.05, 3.63) is 59.7 Å². The number of hydrogen-bond acceptors (Lipinski definition) is 4. The molecule has 1 aliphatic heterocycles. The molecule has 1 fully saturated rings. The number of ether oxygens (including phenoxy) is 2. The van der Waals surface area contributed by atoms with Gasteiger partial charge in [-0.3, -0.25) is 9.69 Å². The van der Waals surface area contributed by atoms with Gasteiger partial charge in [0.15, 0.2) is 0 Å². The summed E-state index contributed by atoms with van der Waals surface area (Å²) in [4.78, 5) is 13.9. The monoisotopic (exact) mass is 395 g/mol. The van der Waals surface area contributed by atoms with Gasteiger partial charge in [0.1, 0.15) is 6.23 Å². The van der Waals surface area contributed by atoms with E-state index in [-0.39, 0.29) is 12.2 Å². The standard InChI is InChI=1S/C25H33NO3/c1-3-28-25(27)8-6-18-26-17-5-4-7-24(26)29-19-21-11-15-23(16-12-21)22-13-9-20(2)10-14-22/h9-16,24H,3-8,17-19H2,1-2H3. The number of carbonyl (C=O) groups excluding carboxylic acids is 1. The molecule has 4 nitrogen and oxygen atoms in total. The molecule has 0 saturated carbocycles. The fourth-order valence-corrected chi connectivity index (χ4v) is 3.80. The van der Waals surface area contributed by atoms with Crippen LogP contribution in [0, 0.1) is 6.92 Å². The van der Waals surface area contributed by atoms with E-state index in [2.05, 4.69) is 60.4 Å². The lowest BCUT2D eigenvalue weighted by Crippen LogP contribution is -2.41. The first kappa shape index (κ1) is 21.5. The third-order valence-corrected chi connectivity index (χ3v) is 5.47. The van der Waals surface area contributed by atoms with Crippen LogP contribution in [-0.4, -0.2) is 36.8 Å². The van der Waals surface area contributed by atoms with Crippen molar-refractivity contribution in [2.24, 2.45) is 0 Å². The third kappa shape index (κ3) is 6.69. The highest BCUT2D eigenvalue weighted by Crippen LogP contribution is 2.23. The number of benzene rings is 2. The largest absolute Gasteiger partial charge is 0.466 e. The molecule has 0 amide bonds. The summed E-state index contributed by atoms with van der Waals surface area (Å²) < 4.78 is 11.3. The van der Waals surface area contributed by atoms with E-state index in [1.165, 1.54) is 35.1 Å². The highest BCUT2D eigenvalue weighted by molar-refractivity contribution is 5.69. The second-order valence-electron chi connectivity index (χ2n) is 7.77. The molecule has 1 aliphatic rings. The maximum absolute atomic E-state index is 11.6. The SMILES string of the molecule is CCOC(=O)CCCN1CCCCC1OCc1ccc(-c2ccc(C)cc2)cc1. The van der Waals surface area contributed by atoms with Crippen molar-refractivity contribution in [2.75, 3.05) is 19.7 Å². The summed E-state index contributed by atoms with van der Waals surface area (Å²) in [5.41, 5.74) is 4.94. The Morgan fingerprint density at radius 1 is 1.03 bits per heavy atom. The minimum Gasteiger partial charge on any atom is -0.466 e. The predicted molar refractivity (Wildman–Crippen MR) is 116 cm³/mol. The van der Waals surface area contributed by atoms with E-state index in [0.717, 1.165) is 25.9 Å². The van der Waals surface area contributed by atoms with Gasteiger partial charge in [0.05, 0.1) is 13.2 Å². The molecule has 0 N–H and O–H groups in total. The number of carbonyl (C=O) groups is 1. The maximum Gasteiger partial charge on any atom is 0.305 e. The average Bonchev–Trinajstić information content (AvgIpc) is 2.74. The van der Waals surface area contributed by atoms with Crippen molar-refractivity contribution in [1.29, 1.82) is 0 Å². The van der Waals surface area contributed by atoms with Crippen LogP contribution in [-0.2, 0) is 20.9 Å². The summed E-state index contributed by atoms with van der Waals surface area (Å²) in [5.74, 6) is -0.101. The van der Waals surface area contributed by atoms with Gasteiger partial charge in [-0.25, -0.2) is 0 Å². The Labute approximate surface area is 174 Å². The summed E-state index contributed by atoms with van der Waals surface area (Å²) >= 11 is 0. The highest BCUT2D eigenvalue weighted by Gasteiger charge is 2.22. The van der Waals surface area contributed by atoms with Gasteiger partial charge < -0.3 is 9.47 Å². The Hall–Kier alpha value is -2.17. The van der Waals surface area contributed by atoms with Crippen LogP contribution >= 0.6 is 0 Å². The Morgan fingerprint density at radius 3 is 2.41 bits per heavy atom. The lowest BCUT2D eigenvalue weighted by Gasteiger charge is -2.35. The number of rotatable bonds is 9. The van der Waals surface area contributed by atoms with E-state index >= 15 is 0 Å². The maximum atomic E-state index is 11.6. The smallest absolute Gasteiger partial charge is 0.305 e. The summed E-state index contributed by atoms with van der Waals surface area (Å²) in [6, 6.07) is 17.3. The first-order valence-corrected chi connectivity index (χ1v) is 10.8. The lowest BCUT2D eigenvalue weighted by atomic mass is 10.0. The molecule has 0 radical (unpaired) electrons. The summed E-state index contributed by atoms with van der Waals surface area (Å²) in [5, 5.41) is 0. The minimum absolute atomic E-state index is 0.101.